The van der Waals surface area contributed by atoms with Crippen LogP contribution in [0.1, 0.15) is 41.0 Å². The van der Waals surface area contributed by atoms with Crippen LogP contribution in [0.5, 0.6) is 0 Å². The van der Waals surface area contributed by atoms with E-state index in [1.165, 1.54) is 0 Å². The van der Waals surface area contributed by atoms with Gasteiger partial charge in [0.05, 0.1) is 6.10 Å². The van der Waals surface area contributed by atoms with E-state index in [9.17, 15) is 9.90 Å². The van der Waals surface area contributed by atoms with Crippen molar-refractivity contribution in [2.45, 2.75) is 71.3 Å². The van der Waals surface area contributed by atoms with E-state index in [0.29, 0.717) is 0 Å². The highest BCUT2D eigenvalue weighted by Gasteiger charge is 2.43. The Balaban J connectivity index is 5.36. The Morgan fingerprint density at radius 1 is 1.38 bits per heavy atom. The largest absolute Gasteiger partial charge is 0.480 e. The molecular formula is C16H33NO3Si. The Morgan fingerprint density at radius 3 is 2.24 bits per heavy atom. The zero-order valence-corrected chi connectivity index (χ0v) is 15.9. The smallest absolute Gasteiger partial charge is 0.323 e. The number of carboxylic acids is 1. The Labute approximate surface area is 131 Å². The topological polar surface area (TPSA) is 58.6 Å². The van der Waals surface area contributed by atoms with Crippen molar-refractivity contribution >= 4 is 14.3 Å². The van der Waals surface area contributed by atoms with E-state index in [1.54, 1.807) is 7.05 Å². The van der Waals surface area contributed by atoms with Crippen molar-refractivity contribution in [2.24, 2.45) is 5.92 Å². The second-order valence-corrected chi connectivity index (χ2v) is 12.0. The van der Waals surface area contributed by atoms with Crippen LogP contribution in [0.4, 0.5) is 0 Å². The summed E-state index contributed by atoms with van der Waals surface area (Å²) in [4.78, 5) is 11.5. The van der Waals surface area contributed by atoms with Gasteiger partial charge < -0.3 is 14.8 Å². The highest BCUT2D eigenvalue weighted by Crippen LogP contribution is 2.38. The van der Waals surface area contributed by atoms with Gasteiger partial charge in [0.25, 0.3) is 0 Å². The molecule has 0 aliphatic heterocycles. The highest BCUT2D eigenvalue weighted by molar-refractivity contribution is 6.74. The molecule has 0 saturated carbocycles. The molecule has 0 aromatic carbocycles. The predicted molar refractivity (Wildman–Crippen MR) is 91.1 cm³/mol. The van der Waals surface area contributed by atoms with Crippen LogP contribution < -0.4 is 5.32 Å². The van der Waals surface area contributed by atoms with Crippen LogP contribution in [0.15, 0.2) is 12.2 Å². The summed E-state index contributed by atoms with van der Waals surface area (Å²) in [7, 11) is -0.339. The summed E-state index contributed by atoms with van der Waals surface area (Å²) in [6.07, 6.45) is 4.56. The molecule has 0 heterocycles. The number of likely N-dealkylation sites (N-methyl/N-ethyl adjacent to an activating group) is 1. The summed E-state index contributed by atoms with van der Waals surface area (Å²) in [5.41, 5.74) is 0. The summed E-state index contributed by atoms with van der Waals surface area (Å²) in [6, 6.07) is -0.681. The lowest BCUT2D eigenvalue weighted by atomic mass is 9.94. The second kappa shape index (κ2) is 8.10. The van der Waals surface area contributed by atoms with Gasteiger partial charge in [0.1, 0.15) is 6.04 Å². The van der Waals surface area contributed by atoms with Gasteiger partial charge in [0, 0.05) is 0 Å². The molecule has 4 nitrogen and oxygen atoms in total. The fourth-order valence-electron chi connectivity index (χ4n) is 1.94. The fraction of sp³-hybridized carbons (Fsp3) is 0.812. The quantitative estimate of drug-likeness (QED) is 0.530. The summed E-state index contributed by atoms with van der Waals surface area (Å²) in [5.74, 6) is -0.711. The normalized spacial score (nSPS) is 17.7. The van der Waals surface area contributed by atoms with E-state index >= 15 is 0 Å². The molecule has 0 amide bonds. The lowest BCUT2D eigenvalue weighted by Gasteiger charge is -2.42. The number of allylic oxidation sites excluding steroid dienone is 2. The molecule has 0 aromatic heterocycles. The van der Waals surface area contributed by atoms with Crippen molar-refractivity contribution in [3.63, 3.8) is 0 Å². The minimum atomic E-state index is -2.02. The van der Waals surface area contributed by atoms with Crippen LogP contribution in [0.3, 0.4) is 0 Å². The van der Waals surface area contributed by atoms with Crippen molar-refractivity contribution in [3.05, 3.63) is 12.2 Å². The van der Waals surface area contributed by atoms with Gasteiger partial charge >= 0.3 is 5.97 Å². The third kappa shape index (κ3) is 5.92. The number of carbonyl (C=O) groups is 1. The van der Waals surface area contributed by atoms with Crippen molar-refractivity contribution in [1.82, 2.24) is 5.32 Å². The van der Waals surface area contributed by atoms with Gasteiger partial charge in [0.15, 0.2) is 8.32 Å². The SMILES string of the molecule is C/C=C/C[C@@H](C)[C@@H](O[Si](C)(C)C(C)(C)C)[C@H](NC)C(=O)O. The van der Waals surface area contributed by atoms with E-state index in [4.69, 9.17) is 4.43 Å². The first-order valence-corrected chi connectivity index (χ1v) is 10.6. The number of rotatable bonds is 8. The number of hydrogen-bond donors (Lipinski definition) is 2. The lowest BCUT2D eigenvalue weighted by molar-refractivity contribution is -0.142. The van der Waals surface area contributed by atoms with Gasteiger partial charge in [-0.2, -0.15) is 0 Å². The molecule has 21 heavy (non-hydrogen) atoms. The zero-order valence-electron chi connectivity index (χ0n) is 14.9. The Morgan fingerprint density at radius 2 is 1.90 bits per heavy atom. The number of aliphatic carboxylic acids is 1. The van der Waals surface area contributed by atoms with Crippen LogP contribution in [-0.4, -0.2) is 38.6 Å². The molecule has 0 aliphatic rings. The van der Waals surface area contributed by atoms with E-state index in [2.05, 4.69) is 52.2 Å². The average molecular weight is 316 g/mol. The van der Waals surface area contributed by atoms with E-state index < -0.39 is 20.3 Å². The number of hydrogen-bond acceptors (Lipinski definition) is 3. The first-order valence-electron chi connectivity index (χ1n) is 7.67. The maximum atomic E-state index is 11.5. The molecule has 0 bridgehead atoms. The molecular weight excluding hydrogens is 282 g/mol. The summed E-state index contributed by atoms with van der Waals surface area (Å²) >= 11 is 0. The van der Waals surface area contributed by atoms with Crippen LogP contribution in [-0.2, 0) is 9.22 Å². The minimum absolute atomic E-state index is 0.0579. The first-order chi connectivity index (χ1) is 9.47. The van der Waals surface area contributed by atoms with Crippen molar-refractivity contribution in [1.29, 1.82) is 0 Å². The van der Waals surface area contributed by atoms with Crippen molar-refractivity contribution < 1.29 is 14.3 Å². The third-order valence-electron chi connectivity index (χ3n) is 4.45. The van der Waals surface area contributed by atoms with Gasteiger partial charge in [-0.15, -0.1) is 0 Å². The molecule has 0 aliphatic carbocycles. The second-order valence-electron chi connectivity index (χ2n) is 7.23. The van der Waals surface area contributed by atoms with E-state index in [0.717, 1.165) is 6.42 Å². The average Bonchev–Trinajstić information content (AvgIpc) is 2.33. The van der Waals surface area contributed by atoms with Crippen LogP contribution in [0, 0.1) is 5.92 Å². The Bertz CT molecular complexity index is 361. The Kier molecular flexibility index (Phi) is 7.85. The van der Waals surface area contributed by atoms with Gasteiger partial charge in [-0.25, -0.2) is 0 Å². The lowest BCUT2D eigenvalue weighted by Crippen LogP contribution is -2.55. The van der Waals surface area contributed by atoms with E-state index in [1.807, 2.05) is 13.0 Å². The van der Waals surface area contributed by atoms with Crippen LogP contribution >= 0.6 is 0 Å². The molecule has 2 N–H and O–H groups in total. The van der Waals surface area contributed by atoms with Crippen LogP contribution in [0.25, 0.3) is 0 Å². The molecule has 0 saturated heterocycles. The standard InChI is InChI=1S/C16H33NO3Si/c1-9-10-11-12(2)14(13(17-6)15(18)19)20-21(7,8)16(3,4)5/h9-10,12-14,17H,11H2,1-8H3,(H,18,19)/b10-9+/t12-,13+,14-/m1/s1. The molecule has 3 atom stereocenters. The molecule has 0 fully saturated rings. The molecule has 0 spiro atoms. The van der Waals surface area contributed by atoms with Gasteiger partial charge in [-0.05, 0) is 44.4 Å². The predicted octanol–water partition coefficient (Wildman–Crippen LogP) is 3.65. The van der Waals surface area contributed by atoms with Gasteiger partial charge in [-0.3, -0.25) is 4.79 Å². The maximum absolute atomic E-state index is 11.5. The van der Waals surface area contributed by atoms with Gasteiger partial charge in [-0.1, -0.05) is 39.8 Å². The monoisotopic (exact) mass is 315 g/mol. The number of nitrogens with one attached hydrogen (secondary N) is 1. The van der Waals surface area contributed by atoms with Crippen molar-refractivity contribution in [3.8, 4) is 0 Å². The first kappa shape index (κ1) is 20.3. The molecule has 0 rings (SSSR count). The summed E-state index contributed by atoms with van der Waals surface area (Å²) in [5, 5.41) is 12.4. The molecule has 5 heteroatoms. The Hall–Kier alpha value is -0.653. The summed E-state index contributed by atoms with van der Waals surface area (Å²) < 4.78 is 6.44. The zero-order chi connectivity index (χ0) is 16.8. The highest BCUT2D eigenvalue weighted by atomic mass is 28.4. The van der Waals surface area contributed by atoms with Crippen LogP contribution in [0.2, 0.25) is 18.1 Å². The number of carboxylic acid groups (broad SMARTS) is 1. The van der Waals surface area contributed by atoms with Gasteiger partial charge in [0.2, 0.25) is 0 Å². The maximum Gasteiger partial charge on any atom is 0.323 e. The molecule has 0 radical (unpaired) electrons. The molecule has 0 unspecified atom stereocenters. The van der Waals surface area contributed by atoms with Crippen molar-refractivity contribution in [2.75, 3.05) is 7.05 Å². The molecule has 0 aromatic rings. The minimum Gasteiger partial charge on any atom is -0.480 e. The fourth-order valence-corrected chi connectivity index (χ4v) is 3.35. The third-order valence-corrected chi connectivity index (χ3v) is 8.92. The van der Waals surface area contributed by atoms with E-state index in [-0.39, 0.29) is 17.1 Å². The molecule has 124 valence electrons. The summed E-state index contributed by atoms with van der Waals surface area (Å²) in [6.45, 7) is 14.9.